The van der Waals surface area contributed by atoms with Crippen LogP contribution in [0.15, 0.2) is 24.4 Å². The summed E-state index contributed by atoms with van der Waals surface area (Å²) in [4.78, 5) is 20.1. The Morgan fingerprint density at radius 3 is 3.11 bits per heavy atom. The van der Waals surface area contributed by atoms with Crippen LogP contribution >= 0.6 is 0 Å². The van der Waals surface area contributed by atoms with E-state index in [1.165, 1.54) is 6.20 Å². The van der Waals surface area contributed by atoms with Gasteiger partial charge in [0.15, 0.2) is 0 Å². The molecule has 0 saturated carbocycles. The molecule has 1 aromatic carbocycles. The third kappa shape index (κ3) is 4.76. The predicted octanol–water partition coefficient (Wildman–Crippen LogP) is 1.70. The van der Waals surface area contributed by atoms with E-state index < -0.39 is 12.0 Å². The summed E-state index contributed by atoms with van der Waals surface area (Å²) in [5.41, 5.74) is 7.17. The summed E-state index contributed by atoms with van der Waals surface area (Å²) < 4.78 is 5.55. The first-order chi connectivity index (χ1) is 13.1. The van der Waals surface area contributed by atoms with Gasteiger partial charge < -0.3 is 31.5 Å². The first kappa shape index (κ1) is 18.7. The minimum Gasteiger partial charge on any atom is -0.489 e. The van der Waals surface area contributed by atoms with Crippen molar-refractivity contribution in [3.05, 3.63) is 30.0 Å². The molecule has 27 heavy (non-hydrogen) atoms. The van der Waals surface area contributed by atoms with Crippen LogP contribution in [0.25, 0.3) is 0 Å². The Kier molecular flexibility index (Phi) is 5.92. The molecule has 144 valence electrons. The number of hydrogen-bond donors (Lipinski definition) is 5. The number of carbonyl (C=O) groups is 1. The van der Waals surface area contributed by atoms with E-state index >= 15 is 0 Å². The zero-order valence-corrected chi connectivity index (χ0v) is 15.2. The standard InChI is InChI=1S/C18H24N6O3/c1-2-3-6-20-17-13(16(19)26)9-22-18(24-17)23-11-4-5-15-14(7-11)21-8-12(25)10-27-15/h4-5,7,9,12,21,25H,2-3,6,8,10H2,1H3,(H2,19,26)(H2,20,22,23,24)/t12-/m0/s1. The summed E-state index contributed by atoms with van der Waals surface area (Å²) in [5.74, 6) is 0.843. The van der Waals surface area contributed by atoms with Gasteiger partial charge in [-0.2, -0.15) is 4.98 Å². The molecule has 9 nitrogen and oxygen atoms in total. The van der Waals surface area contributed by atoms with Crippen LogP contribution in [0.4, 0.5) is 23.1 Å². The van der Waals surface area contributed by atoms with Gasteiger partial charge in [0, 0.05) is 25.0 Å². The third-order valence-corrected chi connectivity index (χ3v) is 4.07. The highest BCUT2D eigenvalue weighted by Crippen LogP contribution is 2.30. The van der Waals surface area contributed by atoms with Crippen molar-refractivity contribution in [2.24, 2.45) is 5.73 Å². The number of ether oxygens (including phenoxy) is 1. The molecule has 0 fully saturated rings. The second kappa shape index (κ2) is 8.54. The maximum atomic E-state index is 11.6. The van der Waals surface area contributed by atoms with Gasteiger partial charge in [0.1, 0.15) is 24.3 Å². The molecule has 1 amide bonds. The second-order valence-electron chi connectivity index (χ2n) is 6.28. The Hall–Kier alpha value is -3.07. The summed E-state index contributed by atoms with van der Waals surface area (Å²) in [6.07, 6.45) is 2.82. The molecule has 1 aromatic heterocycles. The average molecular weight is 372 g/mol. The fourth-order valence-corrected chi connectivity index (χ4v) is 2.61. The SMILES string of the molecule is CCCCNc1nc(Nc2ccc3c(c2)NC[C@H](O)CO3)ncc1C(N)=O. The number of anilines is 4. The number of benzene rings is 1. The van der Waals surface area contributed by atoms with E-state index in [0.717, 1.165) is 24.2 Å². The van der Waals surface area contributed by atoms with Crippen molar-refractivity contribution in [1.82, 2.24) is 9.97 Å². The smallest absolute Gasteiger partial charge is 0.254 e. The summed E-state index contributed by atoms with van der Waals surface area (Å²) in [6, 6.07) is 5.48. The molecule has 0 radical (unpaired) electrons. The molecule has 3 rings (SSSR count). The van der Waals surface area contributed by atoms with E-state index in [9.17, 15) is 9.90 Å². The van der Waals surface area contributed by atoms with Crippen LogP contribution in [-0.2, 0) is 0 Å². The number of unbranched alkanes of at least 4 members (excludes halogenated alkanes) is 1. The summed E-state index contributed by atoms with van der Waals surface area (Å²) in [5, 5.41) is 19.1. The topological polar surface area (TPSA) is 134 Å². The number of amides is 1. The molecule has 9 heteroatoms. The van der Waals surface area contributed by atoms with E-state index in [4.69, 9.17) is 10.5 Å². The van der Waals surface area contributed by atoms with E-state index in [1.54, 1.807) is 6.07 Å². The van der Waals surface area contributed by atoms with Crippen LogP contribution in [0.1, 0.15) is 30.1 Å². The number of rotatable bonds is 7. The molecule has 2 aromatic rings. The molecule has 0 aliphatic carbocycles. The van der Waals surface area contributed by atoms with Crippen LogP contribution < -0.4 is 26.4 Å². The van der Waals surface area contributed by atoms with E-state index in [-0.39, 0.29) is 12.2 Å². The molecule has 6 N–H and O–H groups in total. The number of nitrogens with one attached hydrogen (secondary N) is 3. The van der Waals surface area contributed by atoms with Gasteiger partial charge >= 0.3 is 0 Å². The minimum atomic E-state index is -0.578. The number of nitrogens with zero attached hydrogens (tertiary/aromatic N) is 2. The summed E-state index contributed by atoms with van der Waals surface area (Å²) >= 11 is 0. The lowest BCUT2D eigenvalue weighted by Crippen LogP contribution is -2.23. The van der Waals surface area contributed by atoms with Crippen LogP contribution in [0.3, 0.4) is 0 Å². The Morgan fingerprint density at radius 1 is 1.48 bits per heavy atom. The van der Waals surface area contributed by atoms with Gasteiger partial charge in [0.2, 0.25) is 5.95 Å². The zero-order chi connectivity index (χ0) is 19.2. The molecule has 0 bridgehead atoms. The maximum absolute atomic E-state index is 11.6. The number of aromatic nitrogens is 2. The number of primary amides is 1. The average Bonchev–Trinajstić information content (AvgIpc) is 2.83. The quantitative estimate of drug-likeness (QED) is 0.464. The zero-order valence-electron chi connectivity index (χ0n) is 15.2. The van der Waals surface area contributed by atoms with E-state index in [2.05, 4.69) is 32.8 Å². The normalized spacial score (nSPS) is 15.7. The van der Waals surface area contributed by atoms with E-state index in [0.29, 0.717) is 30.6 Å². The maximum Gasteiger partial charge on any atom is 0.254 e. The van der Waals surface area contributed by atoms with E-state index in [1.807, 2.05) is 12.1 Å². The monoisotopic (exact) mass is 372 g/mol. The fourth-order valence-electron chi connectivity index (χ4n) is 2.61. The van der Waals surface area contributed by atoms with Crippen molar-refractivity contribution in [2.45, 2.75) is 25.9 Å². The Bertz CT molecular complexity index is 814. The largest absolute Gasteiger partial charge is 0.489 e. The van der Waals surface area contributed by atoms with Gasteiger partial charge in [0.25, 0.3) is 5.91 Å². The molecule has 0 saturated heterocycles. The lowest BCUT2D eigenvalue weighted by molar-refractivity contribution is 0.100. The number of aliphatic hydroxyl groups excluding tert-OH is 1. The van der Waals surface area contributed by atoms with Crippen LogP contribution in [0.5, 0.6) is 5.75 Å². The number of fused-ring (bicyclic) bond motifs is 1. The van der Waals surface area contributed by atoms with Crippen molar-refractivity contribution in [2.75, 3.05) is 35.6 Å². The van der Waals surface area contributed by atoms with Crippen molar-refractivity contribution < 1.29 is 14.6 Å². The molecule has 0 spiro atoms. The highest BCUT2D eigenvalue weighted by Gasteiger charge is 2.16. The van der Waals surface area contributed by atoms with Gasteiger partial charge in [-0.05, 0) is 24.6 Å². The van der Waals surface area contributed by atoms with Gasteiger partial charge in [-0.3, -0.25) is 4.79 Å². The Labute approximate surface area is 157 Å². The Morgan fingerprint density at radius 2 is 2.33 bits per heavy atom. The lowest BCUT2D eigenvalue weighted by atomic mass is 10.2. The molecule has 0 unspecified atom stereocenters. The number of β-amino-alcohol motifs (C(OH)–C–C–N with tert-alkyl or cyclic N) is 1. The number of aliphatic hydroxyl groups is 1. The molecular formula is C18H24N6O3. The number of carbonyl (C=O) groups excluding carboxylic acids is 1. The van der Waals surface area contributed by atoms with Crippen LogP contribution in [0.2, 0.25) is 0 Å². The molecule has 1 aliphatic heterocycles. The van der Waals surface area contributed by atoms with Crippen LogP contribution in [0, 0.1) is 0 Å². The summed E-state index contributed by atoms with van der Waals surface area (Å²) in [6.45, 7) is 3.43. The van der Waals surface area contributed by atoms with Crippen LogP contribution in [-0.4, -0.2) is 46.8 Å². The Balaban J connectivity index is 1.79. The van der Waals surface area contributed by atoms with Gasteiger partial charge in [0.05, 0.1) is 11.3 Å². The van der Waals surface area contributed by atoms with Crippen molar-refractivity contribution in [3.8, 4) is 5.75 Å². The number of hydrogen-bond acceptors (Lipinski definition) is 8. The van der Waals surface area contributed by atoms with Gasteiger partial charge in [-0.1, -0.05) is 13.3 Å². The first-order valence-electron chi connectivity index (χ1n) is 8.93. The highest BCUT2D eigenvalue weighted by molar-refractivity contribution is 5.97. The molecule has 1 aliphatic rings. The van der Waals surface area contributed by atoms with Gasteiger partial charge in [-0.25, -0.2) is 4.98 Å². The van der Waals surface area contributed by atoms with Crippen molar-refractivity contribution in [3.63, 3.8) is 0 Å². The lowest BCUT2D eigenvalue weighted by Gasteiger charge is -2.13. The van der Waals surface area contributed by atoms with Crippen molar-refractivity contribution in [1.29, 1.82) is 0 Å². The first-order valence-corrected chi connectivity index (χ1v) is 8.93. The highest BCUT2D eigenvalue weighted by atomic mass is 16.5. The van der Waals surface area contributed by atoms with Crippen molar-refractivity contribution >= 4 is 29.0 Å². The van der Waals surface area contributed by atoms with Gasteiger partial charge in [-0.15, -0.1) is 0 Å². The molecule has 1 atom stereocenters. The third-order valence-electron chi connectivity index (χ3n) is 4.07. The fraction of sp³-hybridized carbons (Fsp3) is 0.389. The second-order valence-corrected chi connectivity index (χ2v) is 6.28. The number of nitrogens with two attached hydrogens (primary N) is 1. The molecule has 2 heterocycles. The predicted molar refractivity (Wildman–Crippen MR) is 104 cm³/mol. The summed E-state index contributed by atoms with van der Waals surface area (Å²) in [7, 11) is 0. The minimum absolute atomic E-state index is 0.247. The molecular weight excluding hydrogens is 348 g/mol.